The number of carbonyl (C=O) groups is 7. The molecule has 0 unspecified atom stereocenters. The summed E-state index contributed by atoms with van der Waals surface area (Å²) in [5.74, 6) is -7.92. The maximum absolute atomic E-state index is 14.6. The molecule has 59 heavy (non-hydrogen) atoms. The molecule has 0 radical (unpaired) electrons. The molecule has 324 valence electrons. The Morgan fingerprint density at radius 3 is 2.34 bits per heavy atom. The summed E-state index contributed by atoms with van der Waals surface area (Å²) in [6.45, 7) is 3.88. The van der Waals surface area contributed by atoms with Crippen LogP contribution >= 0.6 is 7.82 Å². The first kappa shape index (κ1) is 45.3. The van der Waals surface area contributed by atoms with E-state index in [2.05, 4.69) is 16.0 Å². The second kappa shape index (κ2) is 19.5. The highest BCUT2D eigenvalue weighted by Crippen LogP contribution is 2.41. The molecule has 4 aliphatic rings. The molecule has 4 heterocycles. The zero-order chi connectivity index (χ0) is 43.2. The SMILES string of the molecule is CCC/C=C/C(=O)N[C@@H](Cc1cc(F)cc(F)c1)C(=O)N[C@H]1COC(=O)[C@@H]2C[C@@H](C)CN2C(=O)[C@H](C)NC(=O)[C@@H]2CCCCN2C(=O)[C@@H]2C[C@@H](OP(=O)(O)O)CN2C1=O. The molecule has 4 fully saturated rings. The molecule has 0 aliphatic carbocycles. The van der Waals surface area contributed by atoms with Gasteiger partial charge in [-0.3, -0.25) is 33.3 Å². The van der Waals surface area contributed by atoms with Crippen molar-refractivity contribution in [3.63, 3.8) is 0 Å². The Balaban J connectivity index is 1.54. The normalized spacial score (nSPS) is 27.8. The van der Waals surface area contributed by atoms with Crippen molar-refractivity contribution in [3.8, 4) is 0 Å². The van der Waals surface area contributed by atoms with Gasteiger partial charge in [0.15, 0.2) is 0 Å². The van der Waals surface area contributed by atoms with Crippen molar-refractivity contribution in [2.75, 3.05) is 26.2 Å². The molecule has 0 saturated carbocycles. The average molecular weight is 853 g/mol. The lowest BCUT2D eigenvalue weighted by Crippen LogP contribution is -2.62. The molecular formula is C38H51F2N6O12P. The van der Waals surface area contributed by atoms with E-state index in [9.17, 15) is 56.7 Å². The molecule has 1 aromatic rings. The first-order valence-electron chi connectivity index (χ1n) is 19.7. The molecule has 21 heteroatoms. The van der Waals surface area contributed by atoms with Crippen LogP contribution in [0.25, 0.3) is 0 Å². The summed E-state index contributed by atoms with van der Waals surface area (Å²) in [7, 11) is -5.17. The number of piperidine rings is 1. The van der Waals surface area contributed by atoms with E-state index in [0.717, 1.165) is 17.0 Å². The number of phosphoric ester groups is 1. The molecule has 0 bridgehead atoms. The first-order chi connectivity index (χ1) is 27.8. The van der Waals surface area contributed by atoms with Crippen LogP contribution < -0.4 is 16.0 Å². The lowest BCUT2D eigenvalue weighted by atomic mass is 9.99. The lowest BCUT2D eigenvalue weighted by molar-refractivity contribution is -0.158. The van der Waals surface area contributed by atoms with Gasteiger partial charge in [-0.15, -0.1) is 0 Å². The topological polar surface area (TPSA) is 241 Å². The standard InChI is InChI=1S/C38H51F2N6O12P/c1-4-5-6-10-32(47)42-27(15-23-13-24(39)16-25(40)14-23)33(48)43-28-20-57-38(53)31-12-21(2)18-45(31)35(50)22(3)41-34(49)29-9-7-8-11-44(29)37(52)30-17-26(58-59(54,55)56)19-46(30)36(28)51/h6,10,13-14,16,21-22,26-31H,4-5,7-9,11-12,15,17-20H2,1-3H3,(H,41,49)(H,42,47)(H,43,48)(H2,54,55,56)/b10-6+/t21-,22+,26-,27+,28+,29+,30+,31+/m1/s1. The van der Waals surface area contributed by atoms with Gasteiger partial charge in [0.2, 0.25) is 35.4 Å². The van der Waals surface area contributed by atoms with Crippen LogP contribution in [0, 0.1) is 17.6 Å². The number of allylic oxidation sites excluding steroid dienone is 1. The monoisotopic (exact) mass is 852 g/mol. The lowest BCUT2D eigenvalue weighted by Gasteiger charge is -2.39. The van der Waals surface area contributed by atoms with Crippen molar-refractivity contribution in [1.82, 2.24) is 30.7 Å². The van der Waals surface area contributed by atoms with Gasteiger partial charge in [-0.2, -0.15) is 0 Å². The molecule has 18 nitrogen and oxygen atoms in total. The number of nitrogens with zero attached hydrogens (tertiary/aromatic N) is 3. The van der Waals surface area contributed by atoms with Crippen LogP contribution in [0.3, 0.4) is 0 Å². The summed E-state index contributed by atoms with van der Waals surface area (Å²) < 4.78 is 50.9. The Bertz CT molecular complexity index is 1860. The predicted molar refractivity (Wildman–Crippen MR) is 202 cm³/mol. The zero-order valence-corrected chi connectivity index (χ0v) is 33.9. The third-order valence-corrected chi connectivity index (χ3v) is 11.3. The number of carbonyl (C=O) groups excluding carboxylic acids is 7. The van der Waals surface area contributed by atoms with Crippen LogP contribution in [0.15, 0.2) is 30.4 Å². The fourth-order valence-electron chi connectivity index (χ4n) is 8.00. The summed E-state index contributed by atoms with van der Waals surface area (Å²) in [4.78, 5) is 120. The van der Waals surface area contributed by atoms with Crippen LogP contribution in [0.1, 0.15) is 71.3 Å². The smallest absolute Gasteiger partial charge is 0.461 e. The molecule has 4 saturated heterocycles. The number of benzene rings is 1. The second-order valence-corrected chi connectivity index (χ2v) is 16.7. The quantitative estimate of drug-likeness (QED) is 0.124. The number of hydrogen-bond donors (Lipinski definition) is 5. The number of fused-ring (bicyclic) bond motifs is 3. The Kier molecular flexibility index (Phi) is 15.0. The number of ether oxygens (including phenoxy) is 1. The van der Waals surface area contributed by atoms with Crippen molar-refractivity contribution in [1.29, 1.82) is 0 Å². The van der Waals surface area contributed by atoms with Gasteiger partial charge in [0.1, 0.15) is 54.5 Å². The molecule has 0 spiro atoms. The highest BCUT2D eigenvalue weighted by molar-refractivity contribution is 7.46. The summed E-state index contributed by atoms with van der Waals surface area (Å²) >= 11 is 0. The minimum atomic E-state index is -5.17. The highest BCUT2D eigenvalue weighted by atomic mass is 31.2. The summed E-state index contributed by atoms with van der Waals surface area (Å²) in [6, 6.07) is -5.72. The van der Waals surface area contributed by atoms with E-state index in [0.29, 0.717) is 31.7 Å². The molecule has 4 aliphatic heterocycles. The Morgan fingerprint density at radius 2 is 1.66 bits per heavy atom. The third kappa shape index (κ3) is 11.7. The van der Waals surface area contributed by atoms with Gasteiger partial charge >= 0.3 is 13.8 Å². The van der Waals surface area contributed by atoms with Crippen molar-refractivity contribution in [2.45, 2.75) is 114 Å². The van der Waals surface area contributed by atoms with E-state index in [1.807, 2.05) is 6.92 Å². The van der Waals surface area contributed by atoms with Crippen LogP contribution in [-0.2, 0) is 53.8 Å². The van der Waals surface area contributed by atoms with Gasteiger partial charge in [-0.05, 0) is 68.7 Å². The van der Waals surface area contributed by atoms with Gasteiger partial charge in [-0.25, -0.2) is 18.1 Å². The zero-order valence-electron chi connectivity index (χ0n) is 33.0. The number of esters is 1. The van der Waals surface area contributed by atoms with E-state index in [-0.39, 0.29) is 37.4 Å². The minimum Gasteiger partial charge on any atom is -0.461 e. The number of nitrogens with one attached hydrogen (secondary N) is 3. The van der Waals surface area contributed by atoms with Crippen LogP contribution in [-0.4, -0.2) is 134 Å². The molecule has 5 rings (SSSR count). The van der Waals surface area contributed by atoms with E-state index >= 15 is 0 Å². The number of phosphoric acid groups is 1. The molecule has 5 N–H and O–H groups in total. The van der Waals surface area contributed by atoms with Gasteiger partial charge in [0, 0.05) is 38.5 Å². The summed E-state index contributed by atoms with van der Waals surface area (Å²) in [5.41, 5.74) is -0.0340. The van der Waals surface area contributed by atoms with E-state index < -0.39 is 129 Å². The van der Waals surface area contributed by atoms with Crippen molar-refractivity contribution in [3.05, 3.63) is 47.5 Å². The number of amides is 6. The molecule has 6 amide bonds. The van der Waals surface area contributed by atoms with Gasteiger partial charge in [-0.1, -0.05) is 26.3 Å². The van der Waals surface area contributed by atoms with Crippen LogP contribution in [0.4, 0.5) is 8.78 Å². The van der Waals surface area contributed by atoms with Gasteiger partial charge < -0.3 is 45.2 Å². The number of halogens is 2. The Labute approximate surface area is 339 Å². The maximum Gasteiger partial charge on any atom is 0.469 e. The number of hydrogen-bond acceptors (Lipinski definition) is 10. The van der Waals surface area contributed by atoms with Gasteiger partial charge in [0.05, 0.1) is 6.10 Å². The first-order valence-corrected chi connectivity index (χ1v) is 21.2. The van der Waals surface area contributed by atoms with Crippen molar-refractivity contribution in [2.24, 2.45) is 5.92 Å². The predicted octanol–water partition coefficient (Wildman–Crippen LogP) is 0.592. The van der Waals surface area contributed by atoms with Crippen LogP contribution in [0.2, 0.25) is 0 Å². The van der Waals surface area contributed by atoms with Gasteiger partial charge in [0.25, 0.3) is 0 Å². The number of unbranched alkanes of at least 4 members (excludes halogenated alkanes) is 1. The third-order valence-electron chi connectivity index (χ3n) is 10.7. The van der Waals surface area contributed by atoms with Crippen molar-refractivity contribution < 1.29 is 66.0 Å². The fraction of sp³-hybridized carbons (Fsp3) is 0.605. The van der Waals surface area contributed by atoms with Crippen LogP contribution in [0.5, 0.6) is 0 Å². The maximum atomic E-state index is 14.6. The number of rotatable bonds is 10. The van der Waals surface area contributed by atoms with E-state index in [1.54, 1.807) is 13.0 Å². The summed E-state index contributed by atoms with van der Waals surface area (Å²) in [5, 5.41) is 7.59. The van der Waals surface area contributed by atoms with E-state index in [1.165, 1.54) is 22.8 Å². The second-order valence-electron chi connectivity index (χ2n) is 15.5. The Hall–Kier alpha value is -4.78. The average Bonchev–Trinajstić information content (AvgIpc) is 3.76. The molecule has 8 atom stereocenters. The Morgan fingerprint density at radius 1 is 0.966 bits per heavy atom. The summed E-state index contributed by atoms with van der Waals surface area (Å²) in [6.07, 6.45) is 3.03. The largest absolute Gasteiger partial charge is 0.469 e. The number of cyclic esters (lactones) is 1. The minimum absolute atomic E-state index is 0.0340. The molecule has 0 aromatic heterocycles. The molecule has 1 aromatic carbocycles. The molecular weight excluding hydrogens is 801 g/mol. The fourth-order valence-corrected chi connectivity index (χ4v) is 8.54. The highest BCUT2D eigenvalue weighted by Gasteiger charge is 2.49. The van der Waals surface area contributed by atoms with E-state index in [4.69, 9.17) is 9.26 Å². The van der Waals surface area contributed by atoms with Crippen molar-refractivity contribution >= 4 is 49.2 Å².